The zero-order valence-corrected chi connectivity index (χ0v) is 10.5. The predicted octanol–water partition coefficient (Wildman–Crippen LogP) is 2.37. The first-order valence-corrected chi connectivity index (χ1v) is 6.31. The first kappa shape index (κ1) is 13.0. The van der Waals surface area contributed by atoms with E-state index in [0.717, 1.165) is 43.5 Å². The van der Waals surface area contributed by atoms with Gasteiger partial charge in [-0.1, -0.05) is 0 Å². The highest BCUT2D eigenvalue weighted by Gasteiger charge is 2.18. The van der Waals surface area contributed by atoms with Crippen LogP contribution in [0.1, 0.15) is 34.3 Å². The minimum atomic E-state index is -1.20. The van der Waals surface area contributed by atoms with Gasteiger partial charge in [-0.3, -0.25) is 0 Å². The molecule has 2 rings (SSSR count). The minimum Gasteiger partial charge on any atom is -0.478 e. The number of hydrogen-bond acceptors (Lipinski definition) is 2. The van der Waals surface area contributed by atoms with Gasteiger partial charge in [0, 0.05) is 0 Å². The van der Waals surface area contributed by atoms with Gasteiger partial charge in [-0.25, -0.2) is 9.18 Å². The molecule has 1 aliphatic rings. The largest absolute Gasteiger partial charge is 0.478 e. The van der Waals surface area contributed by atoms with Gasteiger partial charge >= 0.3 is 5.97 Å². The van der Waals surface area contributed by atoms with E-state index in [1.54, 1.807) is 0 Å². The lowest BCUT2D eigenvalue weighted by Crippen LogP contribution is -2.28. The summed E-state index contributed by atoms with van der Waals surface area (Å²) in [6, 6.07) is 2.83. The molecule has 1 aromatic carbocycles. The molecule has 1 saturated heterocycles. The summed E-state index contributed by atoms with van der Waals surface area (Å²) >= 11 is 0. The van der Waals surface area contributed by atoms with Crippen molar-refractivity contribution in [3.05, 3.63) is 34.6 Å². The number of nitrogens with one attached hydrogen (secondary N) is 1. The fourth-order valence-corrected chi connectivity index (χ4v) is 2.50. The Balaban J connectivity index is 2.21. The van der Waals surface area contributed by atoms with Crippen LogP contribution in [0.15, 0.2) is 12.1 Å². The number of benzene rings is 1. The van der Waals surface area contributed by atoms with Gasteiger partial charge in [0.1, 0.15) is 5.82 Å². The normalized spacial score (nSPS) is 16.8. The molecule has 0 spiro atoms. The summed E-state index contributed by atoms with van der Waals surface area (Å²) in [6.45, 7) is 3.86. The number of hydrogen-bond donors (Lipinski definition) is 2. The Morgan fingerprint density at radius 1 is 1.44 bits per heavy atom. The highest BCUT2D eigenvalue weighted by Crippen LogP contribution is 2.23. The molecule has 98 valence electrons. The average Bonchev–Trinajstić information content (AvgIpc) is 2.33. The van der Waals surface area contributed by atoms with Crippen molar-refractivity contribution < 1.29 is 14.3 Å². The van der Waals surface area contributed by atoms with E-state index in [9.17, 15) is 9.18 Å². The molecular weight excluding hydrogens is 233 g/mol. The van der Waals surface area contributed by atoms with E-state index in [0.29, 0.717) is 5.92 Å². The van der Waals surface area contributed by atoms with Crippen LogP contribution < -0.4 is 5.32 Å². The van der Waals surface area contributed by atoms with Crippen LogP contribution in [0.2, 0.25) is 0 Å². The summed E-state index contributed by atoms with van der Waals surface area (Å²) in [4.78, 5) is 10.9. The Hall–Kier alpha value is -1.42. The van der Waals surface area contributed by atoms with Gasteiger partial charge in [0.15, 0.2) is 0 Å². The Morgan fingerprint density at radius 2 is 2.11 bits per heavy atom. The second-order valence-corrected chi connectivity index (χ2v) is 4.96. The highest BCUT2D eigenvalue weighted by molar-refractivity contribution is 5.88. The number of aryl methyl sites for hydroxylation is 1. The fraction of sp³-hybridized carbons (Fsp3) is 0.500. The smallest absolute Gasteiger partial charge is 0.338 e. The van der Waals surface area contributed by atoms with Crippen molar-refractivity contribution in [2.24, 2.45) is 5.92 Å². The van der Waals surface area contributed by atoms with Crippen LogP contribution in [0.4, 0.5) is 4.39 Å². The molecule has 0 unspecified atom stereocenters. The molecule has 2 N–H and O–H groups in total. The third-order valence-corrected chi connectivity index (χ3v) is 3.62. The molecular formula is C14H18FNO2. The maximum atomic E-state index is 13.5. The van der Waals surface area contributed by atoms with Crippen LogP contribution in [0.3, 0.4) is 0 Å². The van der Waals surface area contributed by atoms with Crippen molar-refractivity contribution in [1.82, 2.24) is 5.32 Å². The summed E-state index contributed by atoms with van der Waals surface area (Å²) in [5, 5.41) is 12.2. The minimum absolute atomic E-state index is 0.218. The maximum Gasteiger partial charge on any atom is 0.338 e. The molecule has 0 aromatic heterocycles. The predicted molar refractivity (Wildman–Crippen MR) is 67.4 cm³/mol. The molecule has 1 heterocycles. The van der Waals surface area contributed by atoms with Crippen LogP contribution in [-0.4, -0.2) is 24.2 Å². The van der Waals surface area contributed by atoms with E-state index in [1.165, 1.54) is 12.1 Å². The van der Waals surface area contributed by atoms with Crippen LogP contribution in [0.25, 0.3) is 0 Å². The lowest BCUT2D eigenvalue weighted by Gasteiger charge is -2.23. The number of aromatic carboxylic acids is 1. The van der Waals surface area contributed by atoms with Crippen LogP contribution in [-0.2, 0) is 6.42 Å². The first-order chi connectivity index (χ1) is 8.58. The topological polar surface area (TPSA) is 49.3 Å². The third kappa shape index (κ3) is 2.88. The summed E-state index contributed by atoms with van der Waals surface area (Å²) in [5.74, 6) is -1.27. The van der Waals surface area contributed by atoms with E-state index in [1.807, 2.05) is 6.92 Å². The number of carbonyl (C=O) groups is 1. The zero-order valence-electron chi connectivity index (χ0n) is 10.5. The van der Waals surface area contributed by atoms with Crippen LogP contribution in [0, 0.1) is 18.7 Å². The van der Waals surface area contributed by atoms with Gasteiger partial charge in [-0.05, 0) is 68.5 Å². The summed E-state index contributed by atoms with van der Waals surface area (Å²) < 4.78 is 13.5. The second-order valence-electron chi connectivity index (χ2n) is 4.96. The fourth-order valence-electron chi connectivity index (χ4n) is 2.50. The van der Waals surface area contributed by atoms with Crippen molar-refractivity contribution >= 4 is 5.97 Å². The number of halogens is 1. The highest BCUT2D eigenvalue weighted by atomic mass is 19.1. The lowest BCUT2D eigenvalue weighted by atomic mass is 9.88. The summed E-state index contributed by atoms with van der Waals surface area (Å²) in [5.41, 5.74) is 1.58. The monoisotopic (exact) mass is 251 g/mol. The van der Waals surface area contributed by atoms with Crippen molar-refractivity contribution in [3.63, 3.8) is 0 Å². The van der Waals surface area contributed by atoms with Crippen molar-refractivity contribution in [3.8, 4) is 0 Å². The van der Waals surface area contributed by atoms with Crippen LogP contribution in [0.5, 0.6) is 0 Å². The van der Waals surface area contributed by atoms with E-state index in [4.69, 9.17) is 5.11 Å². The molecule has 3 nitrogen and oxygen atoms in total. The third-order valence-electron chi connectivity index (χ3n) is 3.62. The number of carboxylic acids is 1. The zero-order chi connectivity index (χ0) is 13.1. The van der Waals surface area contributed by atoms with E-state index >= 15 is 0 Å². The quantitative estimate of drug-likeness (QED) is 0.867. The molecule has 0 saturated carbocycles. The molecule has 1 aromatic rings. The molecule has 0 aliphatic carbocycles. The second kappa shape index (κ2) is 5.48. The van der Waals surface area contributed by atoms with Crippen molar-refractivity contribution in [1.29, 1.82) is 0 Å². The van der Waals surface area contributed by atoms with Crippen molar-refractivity contribution in [2.75, 3.05) is 13.1 Å². The number of carboxylic acid groups (broad SMARTS) is 1. The van der Waals surface area contributed by atoms with Gasteiger partial charge in [-0.2, -0.15) is 0 Å². The van der Waals surface area contributed by atoms with Crippen molar-refractivity contribution in [2.45, 2.75) is 26.2 Å². The Morgan fingerprint density at radius 3 is 2.72 bits per heavy atom. The summed E-state index contributed by atoms with van der Waals surface area (Å²) in [7, 11) is 0. The Bertz CT molecular complexity index is 453. The number of piperidine rings is 1. The Labute approximate surface area is 106 Å². The molecule has 0 bridgehead atoms. The average molecular weight is 251 g/mol. The molecule has 0 radical (unpaired) electrons. The number of rotatable bonds is 3. The molecule has 4 heteroatoms. The van der Waals surface area contributed by atoms with Gasteiger partial charge in [0.2, 0.25) is 0 Å². The standard InChI is InChI=1S/C14H18FNO2/c1-9-6-13(15)12(14(17)18)8-11(9)7-10-2-4-16-5-3-10/h6,8,10,16H,2-5,7H2,1H3,(H,17,18). The van der Waals surface area contributed by atoms with Crippen LogP contribution >= 0.6 is 0 Å². The van der Waals surface area contributed by atoms with E-state index in [-0.39, 0.29) is 5.56 Å². The summed E-state index contributed by atoms with van der Waals surface area (Å²) in [6.07, 6.45) is 3.03. The van der Waals surface area contributed by atoms with E-state index < -0.39 is 11.8 Å². The molecule has 0 atom stereocenters. The first-order valence-electron chi connectivity index (χ1n) is 6.31. The van der Waals surface area contributed by atoms with E-state index in [2.05, 4.69) is 5.32 Å². The van der Waals surface area contributed by atoms with Gasteiger partial charge < -0.3 is 10.4 Å². The maximum absolute atomic E-state index is 13.5. The molecule has 1 aliphatic heterocycles. The Kier molecular flexibility index (Phi) is 3.97. The van der Waals surface area contributed by atoms with Gasteiger partial charge in [0.25, 0.3) is 0 Å². The lowest BCUT2D eigenvalue weighted by molar-refractivity contribution is 0.0691. The molecule has 1 fully saturated rings. The molecule has 0 amide bonds. The molecule has 18 heavy (non-hydrogen) atoms. The van der Waals surface area contributed by atoms with Gasteiger partial charge in [0.05, 0.1) is 5.56 Å². The SMILES string of the molecule is Cc1cc(F)c(C(=O)O)cc1CC1CCNCC1. The van der Waals surface area contributed by atoms with Gasteiger partial charge in [-0.15, -0.1) is 0 Å².